The Morgan fingerprint density at radius 2 is 2.14 bits per heavy atom. The fraction of sp³-hybridized carbons (Fsp3) is 0.400. The SMILES string of the molecule is COCCOCc1c(N)cccc1Cl. The smallest absolute Gasteiger partial charge is 0.0752 e. The summed E-state index contributed by atoms with van der Waals surface area (Å²) in [7, 11) is 1.63. The van der Waals surface area contributed by atoms with Gasteiger partial charge < -0.3 is 15.2 Å². The molecule has 0 saturated carbocycles. The molecule has 1 aromatic rings. The number of hydrogen-bond acceptors (Lipinski definition) is 3. The van der Waals surface area contributed by atoms with Gasteiger partial charge in [0.05, 0.1) is 19.8 Å². The van der Waals surface area contributed by atoms with Crippen LogP contribution in [0.25, 0.3) is 0 Å². The number of benzene rings is 1. The highest BCUT2D eigenvalue weighted by atomic mass is 35.5. The Morgan fingerprint density at radius 1 is 1.36 bits per heavy atom. The molecule has 0 atom stereocenters. The van der Waals surface area contributed by atoms with Crippen LogP contribution in [0.5, 0.6) is 0 Å². The molecule has 4 heteroatoms. The third kappa shape index (κ3) is 3.18. The van der Waals surface area contributed by atoms with Gasteiger partial charge in [0.2, 0.25) is 0 Å². The van der Waals surface area contributed by atoms with E-state index >= 15 is 0 Å². The molecule has 0 spiro atoms. The molecule has 0 amide bonds. The van der Waals surface area contributed by atoms with Crippen LogP contribution in [-0.4, -0.2) is 20.3 Å². The Kier molecular flexibility index (Phi) is 4.73. The van der Waals surface area contributed by atoms with E-state index in [1.165, 1.54) is 0 Å². The second kappa shape index (κ2) is 5.86. The third-order valence-corrected chi connectivity index (χ3v) is 2.19. The summed E-state index contributed by atoms with van der Waals surface area (Å²) in [6.07, 6.45) is 0. The van der Waals surface area contributed by atoms with Crippen molar-refractivity contribution in [2.75, 3.05) is 26.1 Å². The van der Waals surface area contributed by atoms with E-state index in [9.17, 15) is 0 Å². The van der Waals surface area contributed by atoms with Crippen molar-refractivity contribution < 1.29 is 9.47 Å². The fourth-order valence-corrected chi connectivity index (χ4v) is 1.28. The number of rotatable bonds is 5. The predicted molar refractivity (Wildman–Crippen MR) is 57.4 cm³/mol. The Bertz CT molecular complexity index is 271. The highest BCUT2D eigenvalue weighted by molar-refractivity contribution is 6.31. The maximum Gasteiger partial charge on any atom is 0.0752 e. The van der Waals surface area contributed by atoms with Gasteiger partial charge in [-0.15, -0.1) is 0 Å². The quantitative estimate of drug-likeness (QED) is 0.604. The van der Waals surface area contributed by atoms with E-state index in [4.69, 9.17) is 26.8 Å². The van der Waals surface area contributed by atoms with Gasteiger partial charge in [-0.05, 0) is 12.1 Å². The lowest BCUT2D eigenvalue weighted by molar-refractivity contribution is 0.0619. The lowest BCUT2D eigenvalue weighted by Gasteiger charge is -2.08. The van der Waals surface area contributed by atoms with Crippen molar-refractivity contribution in [3.63, 3.8) is 0 Å². The first-order valence-corrected chi connectivity index (χ1v) is 4.73. The summed E-state index contributed by atoms with van der Waals surface area (Å²) in [6, 6.07) is 5.42. The van der Waals surface area contributed by atoms with Crippen LogP contribution in [0.2, 0.25) is 5.02 Å². The van der Waals surface area contributed by atoms with Crippen molar-refractivity contribution >= 4 is 17.3 Å². The standard InChI is InChI=1S/C10H14ClNO2/c1-13-5-6-14-7-8-9(11)3-2-4-10(8)12/h2-4H,5-7,12H2,1H3. The van der Waals surface area contributed by atoms with Crippen LogP contribution in [0.15, 0.2) is 18.2 Å². The van der Waals surface area contributed by atoms with Gasteiger partial charge in [-0.3, -0.25) is 0 Å². The molecular weight excluding hydrogens is 202 g/mol. The molecule has 2 N–H and O–H groups in total. The van der Waals surface area contributed by atoms with Crippen LogP contribution in [0.4, 0.5) is 5.69 Å². The van der Waals surface area contributed by atoms with E-state index < -0.39 is 0 Å². The highest BCUT2D eigenvalue weighted by Crippen LogP contribution is 2.22. The monoisotopic (exact) mass is 215 g/mol. The van der Waals surface area contributed by atoms with E-state index in [1.54, 1.807) is 19.2 Å². The van der Waals surface area contributed by atoms with Crippen LogP contribution >= 0.6 is 11.6 Å². The molecule has 0 saturated heterocycles. The second-order valence-corrected chi connectivity index (χ2v) is 3.26. The molecule has 0 aromatic heterocycles. The number of methoxy groups -OCH3 is 1. The minimum atomic E-state index is 0.425. The maximum atomic E-state index is 5.95. The van der Waals surface area contributed by atoms with E-state index in [1.807, 2.05) is 6.07 Å². The van der Waals surface area contributed by atoms with E-state index in [2.05, 4.69) is 0 Å². The number of halogens is 1. The zero-order valence-corrected chi connectivity index (χ0v) is 8.88. The molecule has 3 nitrogen and oxygen atoms in total. The number of nitrogens with two attached hydrogens (primary N) is 1. The molecule has 14 heavy (non-hydrogen) atoms. The van der Waals surface area contributed by atoms with E-state index in [0.29, 0.717) is 30.5 Å². The molecule has 0 radical (unpaired) electrons. The summed E-state index contributed by atoms with van der Waals surface area (Å²) in [5.74, 6) is 0. The van der Waals surface area contributed by atoms with E-state index in [-0.39, 0.29) is 0 Å². The molecule has 0 aliphatic carbocycles. The molecular formula is C10H14ClNO2. The van der Waals surface area contributed by atoms with Gasteiger partial charge in [-0.1, -0.05) is 17.7 Å². The topological polar surface area (TPSA) is 44.5 Å². The number of ether oxygens (including phenoxy) is 2. The van der Waals surface area contributed by atoms with Gasteiger partial charge in [0, 0.05) is 23.4 Å². The fourth-order valence-electron chi connectivity index (χ4n) is 1.04. The Balaban J connectivity index is 2.49. The van der Waals surface area contributed by atoms with Crippen molar-refractivity contribution in [2.24, 2.45) is 0 Å². The van der Waals surface area contributed by atoms with Crippen LogP contribution in [0.3, 0.4) is 0 Å². The van der Waals surface area contributed by atoms with Gasteiger partial charge >= 0.3 is 0 Å². The summed E-state index contributed by atoms with van der Waals surface area (Å²) in [5, 5.41) is 0.641. The van der Waals surface area contributed by atoms with Crippen LogP contribution in [-0.2, 0) is 16.1 Å². The zero-order valence-electron chi connectivity index (χ0n) is 8.13. The number of hydrogen-bond donors (Lipinski definition) is 1. The third-order valence-electron chi connectivity index (χ3n) is 1.83. The first kappa shape index (κ1) is 11.3. The lowest BCUT2D eigenvalue weighted by atomic mass is 10.2. The molecule has 0 bridgehead atoms. The Labute approximate surface area is 88.8 Å². The molecule has 0 aliphatic rings. The van der Waals surface area contributed by atoms with Crippen molar-refractivity contribution in [1.29, 1.82) is 0 Å². The summed E-state index contributed by atoms with van der Waals surface area (Å²) in [6.45, 7) is 1.54. The van der Waals surface area contributed by atoms with Gasteiger partial charge in [0.25, 0.3) is 0 Å². The summed E-state index contributed by atoms with van der Waals surface area (Å²) >= 11 is 5.95. The first-order chi connectivity index (χ1) is 6.75. The highest BCUT2D eigenvalue weighted by Gasteiger charge is 2.03. The Hall–Kier alpha value is -0.770. The predicted octanol–water partition coefficient (Wildman–Crippen LogP) is 2.09. The maximum absolute atomic E-state index is 5.95. The largest absolute Gasteiger partial charge is 0.398 e. The molecule has 78 valence electrons. The first-order valence-electron chi connectivity index (χ1n) is 4.35. The van der Waals surface area contributed by atoms with Gasteiger partial charge in [0.15, 0.2) is 0 Å². The second-order valence-electron chi connectivity index (χ2n) is 2.85. The number of nitrogen functional groups attached to an aromatic ring is 1. The van der Waals surface area contributed by atoms with Crippen molar-refractivity contribution in [3.8, 4) is 0 Å². The van der Waals surface area contributed by atoms with Crippen LogP contribution in [0.1, 0.15) is 5.56 Å². The normalized spacial score (nSPS) is 10.4. The van der Waals surface area contributed by atoms with E-state index in [0.717, 1.165) is 5.56 Å². The molecule has 1 rings (SSSR count). The van der Waals surface area contributed by atoms with Crippen molar-refractivity contribution in [3.05, 3.63) is 28.8 Å². The molecule has 0 aliphatic heterocycles. The number of anilines is 1. The lowest BCUT2D eigenvalue weighted by Crippen LogP contribution is -2.04. The van der Waals surface area contributed by atoms with Gasteiger partial charge in [-0.25, -0.2) is 0 Å². The molecule has 0 heterocycles. The summed E-state index contributed by atoms with van der Waals surface area (Å²) in [4.78, 5) is 0. The van der Waals surface area contributed by atoms with Crippen molar-refractivity contribution in [1.82, 2.24) is 0 Å². The minimum absolute atomic E-state index is 0.425. The average molecular weight is 216 g/mol. The molecule has 0 unspecified atom stereocenters. The average Bonchev–Trinajstić information content (AvgIpc) is 2.16. The Morgan fingerprint density at radius 3 is 2.79 bits per heavy atom. The van der Waals surface area contributed by atoms with Crippen molar-refractivity contribution in [2.45, 2.75) is 6.61 Å². The summed E-state index contributed by atoms with van der Waals surface area (Å²) in [5.41, 5.74) is 7.24. The van der Waals surface area contributed by atoms with Gasteiger partial charge in [0.1, 0.15) is 0 Å². The zero-order chi connectivity index (χ0) is 10.4. The van der Waals surface area contributed by atoms with Crippen LogP contribution in [0, 0.1) is 0 Å². The molecule has 1 aromatic carbocycles. The summed E-state index contributed by atoms with van der Waals surface area (Å²) < 4.78 is 10.2. The van der Waals surface area contributed by atoms with Crippen LogP contribution < -0.4 is 5.73 Å². The molecule has 0 fully saturated rings. The van der Waals surface area contributed by atoms with Gasteiger partial charge in [-0.2, -0.15) is 0 Å². The minimum Gasteiger partial charge on any atom is -0.398 e.